The summed E-state index contributed by atoms with van der Waals surface area (Å²) in [7, 11) is 2.22. The molecule has 0 unspecified atom stereocenters. The summed E-state index contributed by atoms with van der Waals surface area (Å²) in [5.74, 6) is 0.167. The van der Waals surface area contributed by atoms with E-state index in [9.17, 15) is 0 Å². The lowest BCUT2D eigenvalue weighted by Crippen LogP contribution is -2.33. The molecule has 0 heterocycles. The summed E-state index contributed by atoms with van der Waals surface area (Å²) < 4.78 is 0. The lowest BCUT2D eigenvalue weighted by Gasteiger charge is -2.31. The Kier molecular flexibility index (Phi) is 5.01. The third kappa shape index (κ3) is 3.51. The Morgan fingerprint density at radius 3 is 2.65 bits per heavy atom. The first kappa shape index (κ1) is 14.9. The second-order valence-electron chi connectivity index (χ2n) is 5.83. The van der Waals surface area contributed by atoms with Crippen LogP contribution < -0.4 is 5.73 Å². The SMILES string of the molecule is Cc1cc(/C(N)=N/O)ccc1CN(C)C1CCCCC1. The molecule has 0 saturated heterocycles. The van der Waals surface area contributed by atoms with Crippen molar-refractivity contribution in [2.24, 2.45) is 10.9 Å². The van der Waals surface area contributed by atoms with Crippen LogP contribution in [0.2, 0.25) is 0 Å². The van der Waals surface area contributed by atoms with Gasteiger partial charge in [0.1, 0.15) is 0 Å². The molecule has 0 bridgehead atoms. The van der Waals surface area contributed by atoms with Gasteiger partial charge in [-0.1, -0.05) is 36.6 Å². The summed E-state index contributed by atoms with van der Waals surface area (Å²) in [6.45, 7) is 3.05. The number of amidine groups is 1. The highest BCUT2D eigenvalue weighted by Gasteiger charge is 2.18. The zero-order valence-electron chi connectivity index (χ0n) is 12.5. The Morgan fingerprint density at radius 2 is 2.05 bits per heavy atom. The highest BCUT2D eigenvalue weighted by atomic mass is 16.4. The minimum Gasteiger partial charge on any atom is -0.409 e. The first-order chi connectivity index (χ1) is 9.61. The Labute approximate surface area is 121 Å². The summed E-state index contributed by atoms with van der Waals surface area (Å²) in [5.41, 5.74) is 8.90. The van der Waals surface area contributed by atoms with Gasteiger partial charge in [0, 0.05) is 18.2 Å². The molecule has 3 N–H and O–H groups in total. The van der Waals surface area contributed by atoms with E-state index < -0.39 is 0 Å². The Balaban J connectivity index is 2.05. The molecule has 0 radical (unpaired) electrons. The van der Waals surface area contributed by atoms with E-state index in [0.29, 0.717) is 6.04 Å². The number of nitrogens with zero attached hydrogens (tertiary/aromatic N) is 2. The Bertz CT molecular complexity index is 479. The van der Waals surface area contributed by atoms with Gasteiger partial charge in [0.25, 0.3) is 0 Å². The molecule has 1 aliphatic carbocycles. The second kappa shape index (κ2) is 6.75. The van der Waals surface area contributed by atoms with E-state index in [1.807, 2.05) is 12.1 Å². The van der Waals surface area contributed by atoms with Crippen LogP contribution in [0.4, 0.5) is 0 Å². The average molecular weight is 275 g/mol. The second-order valence-corrected chi connectivity index (χ2v) is 5.83. The maximum Gasteiger partial charge on any atom is 0.170 e. The fourth-order valence-corrected chi connectivity index (χ4v) is 3.01. The Morgan fingerprint density at radius 1 is 1.35 bits per heavy atom. The van der Waals surface area contributed by atoms with Gasteiger partial charge in [-0.25, -0.2) is 0 Å². The first-order valence-electron chi connectivity index (χ1n) is 7.39. The van der Waals surface area contributed by atoms with Crippen molar-refractivity contribution in [3.63, 3.8) is 0 Å². The molecule has 0 atom stereocenters. The molecular formula is C16H25N3O. The number of rotatable bonds is 4. The van der Waals surface area contributed by atoms with Crippen LogP contribution >= 0.6 is 0 Å². The predicted octanol–water partition coefficient (Wildman–Crippen LogP) is 2.85. The number of hydrogen-bond donors (Lipinski definition) is 2. The average Bonchev–Trinajstić information content (AvgIpc) is 2.49. The van der Waals surface area contributed by atoms with Crippen LogP contribution in [0.5, 0.6) is 0 Å². The highest BCUT2D eigenvalue weighted by Crippen LogP contribution is 2.23. The lowest BCUT2D eigenvalue weighted by atomic mass is 9.94. The summed E-state index contributed by atoms with van der Waals surface area (Å²) in [6.07, 6.45) is 6.74. The summed E-state index contributed by atoms with van der Waals surface area (Å²) in [5, 5.41) is 11.8. The van der Waals surface area contributed by atoms with Crippen molar-refractivity contribution in [3.05, 3.63) is 34.9 Å². The standard InChI is InChI=1S/C16H25N3O/c1-12-10-13(16(17)18-20)8-9-14(12)11-19(2)15-6-4-3-5-7-15/h8-10,15,20H,3-7,11H2,1-2H3,(H2,17,18). The van der Waals surface area contributed by atoms with Crippen LogP contribution in [0.25, 0.3) is 0 Å². The van der Waals surface area contributed by atoms with Crippen molar-refractivity contribution in [1.82, 2.24) is 4.90 Å². The monoisotopic (exact) mass is 275 g/mol. The summed E-state index contributed by atoms with van der Waals surface area (Å²) in [6, 6.07) is 6.71. The molecule has 0 amide bonds. The topological polar surface area (TPSA) is 61.9 Å². The highest BCUT2D eigenvalue weighted by molar-refractivity contribution is 5.97. The molecule has 0 aromatic heterocycles. The Hall–Kier alpha value is -1.55. The molecule has 0 aliphatic heterocycles. The normalized spacial score (nSPS) is 17.6. The van der Waals surface area contributed by atoms with Crippen LogP contribution in [0.1, 0.15) is 48.8 Å². The molecule has 1 fully saturated rings. The number of hydrogen-bond acceptors (Lipinski definition) is 3. The molecule has 1 aromatic rings. The van der Waals surface area contributed by atoms with Crippen LogP contribution in [-0.4, -0.2) is 29.0 Å². The molecule has 2 rings (SSSR count). The molecule has 4 heteroatoms. The van der Waals surface area contributed by atoms with E-state index in [-0.39, 0.29) is 5.84 Å². The molecule has 1 aromatic carbocycles. The summed E-state index contributed by atoms with van der Waals surface area (Å²) >= 11 is 0. The fourth-order valence-electron chi connectivity index (χ4n) is 3.01. The molecule has 4 nitrogen and oxygen atoms in total. The summed E-state index contributed by atoms with van der Waals surface area (Å²) in [4.78, 5) is 2.46. The number of aryl methyl sites for hydroxylation is 1. The zero-order chi connectivity index (χ0) is 14.5. The maximum absolute atomic E-state index is 8.72. The van der Waals surface area contributed by atoms with Gasteiger partial charge in [0.05, 0.1) is 0 Å². The van der Waals surface area contributed by atoms with Crippen molar-refractivity contribution < 1.29 is 5.21 Å². The molecule has 20 heavy (non-hydrogen) atoms. The lowest BCUT2D eigenvalue weighted by molar-refractivity contribution is 0.184. The van der Waals surface area contributed by atoms with Gasteiger partial charge in [-0.15, -0.1) is 0 Å². The van der Waals surface area contributed by atoms with E-state index in [4.69, 9.17) is 10.9 Å². The van der Waals surface area contributed by atoms with Gasteiger partial charge in [-0.05, 0) is 44.0 Å². The van der Waals surface area contributed by atoms with Crippen LogP contribution in [0.3, 0.4) is 0 Å². The number of nitrogens with two attached hydrogens (primary N) is 1. The minimum absolute atomic E-state index is 0.167. The largest absolute Gasteiger partial charge is 0.409 e. The zero-order valence-corrected chi connectivity index (χ0v) is 12.5. The van der Waals surface area contributed by atoms with Crippen LogP contribution in [-0.2, 0) is 6.54 Å². The van der Waals surface area contributed by atoms with Gasteiger partial charge < -0.3 is 10.9 Å². The van der Waals surface area contributed by atoms with Gasteiger partial charge in [0.15, 0.2) is 5.84 Å². The smallest absolute Gasteiger partial charge is 0.170 e. The first-order valence-corrected chi connectivity index (χ1v) is 7.39. The van der Waals surface area contributed by atoms with Crippen molar-refractivity contribution >= 4 is 5.84 Å². The quantitative estimate of drug-likeness (QED) is 0.384. The van der Waals surface area contributed by atoms with Gasteiger partial charge in [-0.2, -0.15) is 0 Å². The van der Waals surface area contributed by atoms with E-state index >= 15 is 0 Å². The predicted molar refractivity (Wildman–Crippen MR) is 82.0 cm³/mol. The molecule has 1 saturated carbocycles. The molecule has 110 valence electrons. The van der Waals surface area contributed by atoms with Crippen molar-refractivity contribution in [1.29, 1.82) is 0 Å². The van der Waals surface area contributed by atoms with E-state index in [0.717, 1.165) is 12.1 Å². The fraction of sp³-hybridized carbons (Fsp3) is 0.562. The number of oxime groups is 1. The van der Waals surface area contributed by atoms with Gasteiger partial charge >= 0.3 is 0 Å². The van der Waals surface area contributed by atoms with Gasteiger partial charge in [-0.3, -0.25) is 4.90 Å². The van der Waals surface area contributed by atoms with Crippen molar-refractivity contribution in [2.45, 2.75) is 51.6 Å². The van der Waals surface area contributed by atoms with Crippen LogP contribution in [0, 0.1) is 6.92 Å². The third-order valence-corrected chi connectivity index (χ3v) is 4.36. The maximum atomic E-state index is 8.72. The third-order valence-electron chi connectivity index (χ3n) is 4.36. The van der Waals surface area contributed by atoms with E-state index in [1.165, 1.54) is 43.2 Å². The molecular weight excluding hydrogens is 250 g/mol. The molecule has 1 aliphatic rings. The van der Waals surface area contributed by atoms with Crippen molar-refractivity contribution in [2.75, 3.05) is 7.05 Å². The van der Waals surface area contributed by atoms with Crippen LogP contribution in [0.15, 0.2) is 23.4 Å². The van der Waals surface area contributed by atoms with Crippen molar-refractivity contribution in [3.8, 4) is 0 Å². The van der Waals surface area contributed by atoms with Gasteiger partial charge in [0.2, 0.25) is 0 Å². The van der Waals surface area contributed by atoms with E-state index in [2.05, 4.69) is 30.1 Å². The number of benzene rings is 1. The van der Waals surface area contributed by atoms with E-state index in [1.54, 1.807) is 0 Å². The minimum atomic E-state index is 0.167. The molecule has 0 spiro atoms.